The minimum absolute atomic E-state index is 0.0140. The van der Waals surface area contributed by atoms with E-state index < -0.39 is 11.8 Å². The van der Waals surface area contributed by atoms with Crippen LogP contribution in [0.4, 0.5) is 8.78 Å². The Morgan fingerprint density at radius 1 is 1.57 bits per heavy atom. The molecule has 0 aliphatic heterocycles. The minimum Gasteiger partial charge on any atom is -0.246 e. The summed E-state index contributed by atoms with van der Waals surface area (Å²) in [6, 6.07) is 0. The topological polar surface area (TPSA) is 12.9 Å². The first-order valence-electron chi connectivity index (χ1n) is 4.95. The van der Waals surface area contributed by atoms with Gasteiger partial charge in [-0.05, 0) is 6.42 Å². The average molecular weight is 219 g/mol. The van der Waals surface area contributed by atoms with Gasteiger partial charge in [0.25, 0.3) is 5.92 Å². The number of halogens is 2. The molecule has 1 aromatic heterocycles. The highest BCUT2D eigenvalue weighted by molar-refractivity contribution is 7.09. The van der Waals surface area contributed by atoms with E-state index in [4.69, 9.17) is 0 Å². The lowest BCUT2D eigenvalue weighted by Crippen LogP contribution is -1.93. The molecule has 1 atom stereocenters. The molecule has 0 spiro atoms. The van der Waals surface area contributed by atoms with Crippen LogP contribution in [0.3, 0.4) is 0 Å². The summed E-state index contributed by atoms with van der Waals surface area (Å²) in [5, 5.41) is 2.71. The van der Waals surface area contributed by atoms with Gasteiger partial charge in [-0.1, -0.05) is 20.8 Å². The van der Waals surface area contributed by atoms with E-state index >= 15 is 0 Å². The van der Waals surface area contributed by atoms with Crippen molar-refractivity contribution in [3.05, 3.63) is 16.1 Å². The predicted octanol–water partition coefficient (Wildman–Crippen LogP) is 3.85. The Kier molecular flexibility index (Phi) is 3.59. The molecule has 1 nitrogen and oxygen atoms in total. The van der Waals surface area contributed by atoms with Crippen LogP contribution < -0.4 is 0 Å². The molecule has 1 aliphatic carbocycles. The van der Waals surface area contributed by atoms with Crippen LogP contribution in [-0.2, 0) is 6.42 Å². The summed E-state index contributed by atoms with van der Waals surface area (Å²) in [5.74, 6) is -3.06. The van der Waals surface area contributed by atoms with Gasteiger partial charge >= 0.3 is 0 Å². The van der Waals surface area contributed by atoms with Crippen LogP contribution in [0.1, 0.15) is 43.8 Å². The molecule has 0 bridgehead atoms. The maximum Gasteiger partial charge on any atom is 0.257 e. The molecule has 1 aromatic rings. The minimum atomic E-state index is -2.47. The van der Waals surface area contributed by atoms with Gasteiger partial charge in [0.1, 0.15) is 0 Å². The Balaban J connectivity index is 0.000000461. The van der Waals surface area contributed by atoms with Crippen LogP contribution in [0.25, 0.3) is 0 Å². The standard InChI is InChI=1S/C8H9F2NS.C2H6/c1-2-7-11-6(4-12-7)5-3-8(5,9)10;1-2/h4-5H,2-3H2,1H3;1-2H3. The molecule has 4 heteroatoms. The monoisotopic (exact) mass is 219 g/mol. The maximum absolute atomic E-state index is 12.6. The normalized spacial score (nSPS) is 22.5. The smallest absolute Gasteiger partial charge is 0.246 e. The molecule has 2 rings (SSSR count). The zero-order chi connectivity index (χ0) is 10.8. The van der Waals surface area contributed by atoms with Crippen LogP contribution in [0.15, 0.2) is 5.38 Å². The Morgan fingerprint density at radius 3 is 2.50 bits per heavy atom. The molecule has 1 aliphatic rings. The number of rotatable bonds is 2. The number of nitrogens with zero attached hydrogens (tertiary/aromatic N) is 1. The molecule has 1 heterocycles. The lowest BCUT2D eigenvalue weighted by molar-refractivity contribution is 0.111. The van der Waals surface area contributed by atoms with Crippen LogP contribution in [0.5, 0.6) is 0 Å². The van der Waals surface area contributed by atoms with E-state index in [9.17, 15) is 8.78 Å². The van der Waals surface area contributed by atoms with E-state index in [1.807, 2.05) is 20.8 Å². The molecule has 1 saturated carbocycles. The largest absolute Gasteiger partial charge is 0.257 e. The van der Waals surface area contributed by atoms with E-state index in [1.54, 1.807) is 5.38 Å². The lowest BCUT2D eigenvalue weighted by atomic mass is 10.3. The fraction of sp³-hybridized carbons (Fsp3) is 0.700. The SMILES string of the molecule is CC.CCc1nc(C2CC2(F)F)cs1. The third-order valence-electron chi connectivity index (χ3n) is 2.05. The third-order valence-corrected chi connectivity index (χ3v) is 3.07. The molecule has 80 valence electrons. The van der Waals surface area contributed by atoms with Crippen molar-refractivity contribution in [3.8, 4) is 0 Å². The Labute approximate surface area is 87.2 Å². The van der Waals surface area contributed by atoms with Gasteiger partial charge in [0, 0.05) is 11.8 Å². The zero-order valence-electron chi connectivity index (χ0n) is 8.68. The van der Waals surface area contributed by atoms with Crippen molar-refractivity contribution in [2.45, 2.75) is 45.5 Å². The van der Waals surface area contributed by atoms with Gasteiger partial charge in [0.2, 0.25) is 0 Å². The van der Waals surface area contributed by atoms with Crippen molar-refractivity contribution < 1.29 is 8.78 Å². The molecule has 14 heavy (non-hydrogen) atoms. The second-order valence-corrected chi connectivity index (χ2v) is 3.98. The molecule has 1 unspecified atom stereocenters. The first-order chi connectivity index (χ1) is 6.63. The second kappa shape index (κ2) is 4.34. The summed E-state index contributed by atoms with van der Waals surface area (Å²) in [6.45, 7) is 5.98. The highest BCUT2D eigenvalue weighted by atomic mass is 32.1. The van der Waals surface area contributed by atoms with Gasteiger partial charge < -0.3 is 0 Å². The van der Waals surface area contributed by atoms with Crippen LogP contribution in [-0.4, -0.2) is 10.9 Å². The number of hydrogen-bond acceptors (Lipinski definition) is 2. The summed E-state index contributed by atoms with van der Waals surface area (Å²) in [7, 11) is 0. The van der Waals surface area contributed by atoms with Gasteiger partial charge in [0.15, 0.2) is 0 Å². The molecular formula is C10H15F2NS. The fourth-order valence-corrected chi connectivity index (χ4v) is 1.98. The van der Waals surface area contributed by atoms with Crippen molar-refractivity contribution in [1.29, 1.82) is 0 Å². The highest BCUT2D eigenvalue weighted by Crippen LogP contribution is 2.55. The van der Waals surface area contributed by atoms with E-state index in [2.05, 4.69) is 4.98 Å². The fourth-order valence-electron chi connectivity index (χ4n) is 1.18. The molecule has 0 N–H and O–H groups in total. The lowest BCUT2D eigenvalue weighted by Gasteiger charge is -1.91. The molecule has 1 fully saturated rings. The Morgan fingerprint density at radius 2 is 2.14 bits per heavy atom. The predicted molar refractivity (Wildman–Crippen MR) is 55.1 cm³/mol. The van der Waals surface area contributed by atoms with Crippen LogP contribution in [0.2, 0.25) is 0 Å². The summed E-state index contributed by atoms with van der Waals surface area (Å²) in [5.41, 5.74) is 0.585. The van der Waals surface area contributed by atoms with E-state index in [0.717, 1.165) is 11.4 Å². The summed E-state index contributed by atoms with van der Waals surface area (Å²) >= 11 is 1.47. The molecule has 0 saturated heterocycles. The number of thiazole rings is 1. The van der Waals surface area contributed by atoms with Crippen molar-refractivity contribution in [3.63, 3.8) is 0 Å². The third kappa shape index (κ3) is 2.29. The zero-order valence-corrected chi connectivity index (χ0v) is 9.50. The molecule has 0 amide bonds. The summed E-state index contributed by atoms with van der Waals surface area (Å²) in [6.07, 6.45) is 0.822. The maximum atomic E-state index is 12.6. The summed E-state index contributed by atoms with van der Waals surface area (Å²) < 4.78 is 25.1. The molecule has 0 radical (unpaired) electrons. The van der Waals surface area contributed by atoms with E-state index in [-0.39, 0.29) is 6.42 Å². The van der Waals surface area contributed by atoms with Gasteiger partial charge in [0.05, 0.1) is 16.6 Å². The van der Waals surface area contributed by atoms with E-state index in [1.165, 1.54) is 11.3 Å². The molecule has 0 aromatic carbocycles. The average Bonchev–Trinajstić information content (AvgIpc) is 2.68. The quantitative estimate of drug-likeness (QED) is 0.736. The first-order valence-corrected chi connectivity index (χ1v) is 5.83. The van der Waals surface area contributed by atoms with Crippen molar-refractivity contribution in [2.75, 3.05) is 0 Å². The first kappa shape index (κ1) is 11.6. The highest BCUT2D eigenvalue weighted by Gasteiger charge is 2.58. The van der Waals surface area contributed by atoms with Gasteiger partial charge in [-0.2, -0.15) is 0 Å². The van der Waals surface area contributed by atoms with E-state index in [0.29, 0.717) is 5.69 Å². The number of alkyl halides is 2. The molecular weight excluding hydrogens is 204 g/mol. The van der Waals surface area contributed by atoms with Crippen molar-refractivity contribution >= 4 is 11.3 Å². The van der Waals surface area contributed by atoms with Crippen molar-refractivity contribution in [2.24, 2.45) is 0 Å². The van der Waals surface area contributed by atoms with Crippen LogP contribution in [0, 0.1) is 0 Å². The van der Waals surface area contributed by atoms with Gasteiger partial charge in [-0.25, -0.2) is 13.8 Å². The Bertz CT molecular complexity index is 296. The van der Waals surface area contributed by atoms with Gasteiger partial charge in [-0.3, -0.25) is 0 Å². The number of aromatic nitrogens is 1. The van der Waals surface area contributed by atoms with Gasteiger partial charge in [-0.15, -0.1) is 11.3 Å². The number of aryl methyl sites for hydroxylation is 1. The van der Waals surface area contributed by atoms with Crippen molar-refractivity contribution in [1.82, 2.24) is 4.98 Å². The summed E-state index contributed by atoms with van der Waals surface area (Å²) in [4.78, 5) is 4.12. The Hall–Kier alpha value is -0.510. The van der Waals surface area contributed by atoms with Crippen LogP contribution >= 0.6 is 11.3 Å². The number of hydrogen-bond donors (Lipinski definition) is 0. The second-order valence-electron chi connectivity index (χ2n) is 3.04.